The third-order valence-corrected chi connectivity index (χ3v) is 5.97. The molecule has 5 rings (SSSR count). The molecular formula is C23H21N3O4. The lowest BCUT2D eigenvalue weighted by molar-refractivity contribution is 0.0666. The number of benzene rings is 2. The number of H-pyrrole nitrogens is 1. The Morgan fingerprint density at radius 3 is 2.27 bits per heavy atom. The summed E-state index contributed by atoms with van der Waals surface area (Å²) in [5, 5.41) is 9.14. The number of carbonyl (C=O) groups is 2. The van der Waals surface area contributed by atoms with Gasteiger partial charge in [0.15, 0.2) is 5.69 Å². The summed E-state index contributed by atoms with van der Waals surface area (Å²) in [6.07, 6.45) is -0.352. The summed E-state index contributed by atoms with van der Waals surface area (Å²) in [5.74, 6) is -0.420. The van der Waals surface area contributed by atoms with Crippen LogP contribution in [0.15, 0.2) is 48.5 Å². The fraction of sp³-hybridized carbons (Fsp3) is 0.261. The highest BCUT2D eigenvalue weighted by Crippen LogP contribution is 2.44. The van der Waals surface area contributed by atoms with Crippen LogP contribution in [-0.4, -0.2) is 51.7 Å². The zero-order chi connectivity index (χ0) is 20.8. The van der Waals surface area contributed by atoms with Crippen molar-refractivity contribution in [3.05, 3.63) is 76.9 Å². The zero-order valence-electron chi connectivity index (χ0n) is 16.5. The number of rotatable bonds is 4. The summed E-state index contributed by atoms with van der Waals surface area (Å²) in [7, 11) is 0. The van der Waals surface area contributed by atoms with E-state index in [1.165, 1.54) is 22.3 Å². The summed E-state index contributed by atoms with van der Waals surface area (Å²) in [6.45, 7) is 2.89. The minimum absolute atomic E-state index is 0.00252. The van der Waals surface area contributed by atoms with Gasteiger partial charge in [-0.2, -0.15) is 0 Å². The number of aromatic amines is 1. The molecular weight excluding hydrogens is 382 g/mol. The highest BCUT2D eigenvalue weighted by atomic mass is 16.6. The molecule has 30 heavy (non-hydrogen) atoms. The third-order valence-electron chi connectivity index (χ3n) is 5.97. The van der Waals surface area contributed by atoms with Crippen LogP contribution in [0, 0.1) is 6.92 Å². The Kier molecular flexibility index (Phi) is 4.31. The maximum Gasteiger partial charge on any atom is 0.409 e. The third kappa shape index (κ3) is 2.94. The predicted molar refractivity (Wildman–Crippen MR) is 110 cm³/mol. The Morgan fingerprint density at radius 2 is 1.70 bits per heavy atom. The average molecular weight is 403 g/mol. The minimum Gasteiger partial charge on any atom is -0.476 e. The summed E-state index contributed by atoms with van der Waals surface area (Å²) < 4.78 is 5.66. The van der Waals surface area contributed by atoms with Gasteiger partial charge in [-0.05, 0) is 29.2 Å². The van der Waals surface area contributed by atoms with Crippen LogP contribution in [-0.2, 0) is 4.74 Å². The Balaban J connectivity index is 1.23. The van der Waals surface area contributed by atoms with Crippen molar-refractivity contribution in [3.63, 3.8) is 0 Å². The van der Waals surface area contributed by atoms with Gasteiger partial charge < -0.3 is 19.7 Å². The molecule has 2 aliphatic rings. The van der Waals surface area contributed by atoms with E-state index in [1.54, 1.807) is 11.8 Å². The smallest absolute Gasteiger partial charge is 0.409 e. The molecule has 0 unspecified atom stereocenters. The number of carboxylic acid groups (broad SMARTS) is 1. The van der Waals surface area contributed by atoms with Gasteiger partial charge in [0.1, 0.15) is 12.4 Å². The van der Waals surface area contributed by atoms with Crippen LogP contribution in [0.25, 0.3) is 11.1 Å². The number of ether oxygens (including phenoxy) is 1. The van der Waals surface area contributed by atoms with Crippen molar-refractivity contribution < 1.29 is 19.4 Å². The van der Waals surface area contributed by atoms with Crippen LogP contribution in [0.4, 0.5) is 4.79 Å². The minimum atomic E-state index is -1.05. The summed E-state index contributed by atoms with van der Waals surface area (Å²) in [6, 6.07) is 16.5. The molecule has 2 N–H and O–H groups in total. The fourth-order valence-corrected chi connectivity index (χ4v) is 4.37. The average Bonchev–Trinajstić information content (AvgIpc) is 3.24. The number of carboxylic acids is 1. The van der Waals surface area contributed by atoms with E-state index in [4.69, 9.17) is 9.84 Å². The van der Waals surface area contributed by atoms with E-state index in [-0.39, 0.29) is 30.2 Å². The van der Waals surface area contributed by atoms with Gasteiger partial charge >= 0.3 is 12.1 Å². The van der Waals surface area contributed by atoms with Crippen LogP contribution in [0.1, 0.15) is 45.0 Å². The molecule has 0 atom stereocenters. The van der Waals surface area contributed by atoms with Crippen molar-refractivity contribution in [2.75, 3.05) is 19.7 Å². The maximum absolute atomic E-state index is 12.5. The second kappa shape index (κ2) is 7.02. The molecule has 7 nitrogen and oxygen atoms in total. The number of amides is 1. The first-order valence-electron chi connectivity index (χ1n) is 9.92. The van der Waals surface area contributed by atoms with E-state index in [9.17, 15) is 9.59 Å². The zero-order valence-corrected chi connectivity index (χ0v) is 16.5. The van der Waals surface area contributed by atoms with Gasteiger partial charge in [-0.25, -0.2) is 14.6 Å². The molecule has 2 heterocycles. The van der Waals surface area contributed by atoms with Gasteiger partial charge in [0.05, 0.1) is 5.92 Å². The number of nitrogens with zero attached hydrogens (tertiary/aromatic N) is 2. The standard InChI is InChI=1S/C23H21N3O4/c1-13-20(22(27)28)25-21(24-13)14-10-26(11-14)23(29)30-12-19-17-8-4-2-6-15(17)16-7-3-5-9-18(16)19/h2-9,14,19H,10-12H2,1H3,(H,24,25)(H,27,28). The van der Waals surface area contributed by atoms with Crippen molar-refractivity contribution in [2.45, 2.75) is 18.8 Å². The largest absolute Gasteiger partial charge is 0.476 e. The number of aromatic nitrogens is 2. The second-order valence-corrected chi connectivity index (χ2v) is 7.81. The molecule has 3 aromatic rings. The molecule has 0 radical (unpaired) electrons. The highest BCUT2D eigenvalue weighted by molar-refractivity contribution is 5.86. The van der Waals surface area contributed by atoms with Crippen LogP contribution in [0.3, 0.4) is 0 Å². The molecule has 1 saturated heterocycles. The molecule has 1 amide bonds. The Labute approximate surface area is 173 Å². The normalized spacial score (nSPS) is 15.4. The lowest BCUT2D eigenvalue weighted by Crippen LogP contribution is -2.49. The monoisotopic (exact) mass is 403 g/mol. The molecule has 0 bridgehead atoms. The van der Waals surface area contributed by atoms with Crippen LogP contribution < -0.4 is 0 Å². The molecule has 1 aromatic heterocycles. The number of aryl methyl sites for hydroxylation is 1. The first kappa shape index (κ1) is 18.4. The number of aromatic carboxylic acids is 1. The Morgan fingerprint density at radius 1 is 1.10 bits per heavy atom. The van der Waals surface area contributed by atoms with Crippen LogP contribution in [0.5, 0.6) is 0 Å². The van der Waals surface area contributed by atoms with Crippen molar-refractivity contribution >= 4 is 12.1 Å². The number of fused-ring (bicyclic) bond motifs is 3. The van der Waals surface area contributed by atoms with E-state index in [0.29, 0.717) is 24.6 Å². The van der Waals surface area contributed by atoms with E-state index in [1.807, 2.05) is 24.3 Å². The lowest BCUT2D eigenvalue weighted by atomic mass is 9.98. The first-order valence-corrected chi connectivity index (χ1v) is 9.92. The maximum atomic E-state index is 12.5. The number of nitrogens with one attached hydrogen (secondary N) is 1. The Bertz CT molecular complexity index is 1100. The second-order valence-electron chi connectivity index (χ2n) is 7.81. The number of carbonyl (C=O) groups excluding carboxylic acids is 1. The summed E-state index contributed by atoms with van der Waals surface area (Å²) in [5.41, 5.74) is 5.31. The topological polar surface area (TPSA) is 95.5 Å². The van der Waals surface area contributed by atoms with E-state index in [0.717, 1.165) is 0 Å². The van der Waals surface area contributed by atoms with Gasteiger partial charge in [-0.15, -0.1) is 0 Å². The summed E-state index contributed by atoms with van der Waals surface area (Å²) >= 11 is 0. The van der Waals surface area contributed by atoms with Crippen molar-refractivity contribution in [2.24, 2.45) is 0 Å². The van der Waals surface area contributed by atoms with Crippen molar-refractivity contribution in [1.82, 2.24) is 14.9 Å². The lowest BCUT2D eigenvalue weighted by Gasteiger charge is -2.37. The van der Waals surface area contributed by atoms with Crippen LogP contribution >= 0.6 is 0 Å². The van der Waals surface area contributed by atoms with Gasteiger partial charge in [-0.1, -0.05) is 48.5 Å². The number of hydrogen-bond acceptors (Lipinski definition) is 4. The van der Waals surface area contributed by atoms with Gasteiger partial charge in [0.2, 0.25) is 0 Å². The first-order chi connectivity index (χ1) is 14.5. The van der Waals surface area contributed by atoms with E-state index >= 15 is 0 Å². The van der Waals surface area contributed by atoms with Gasteiger partial charge in [-0.3, -0.25) is 0 Å². The molecule has 1 aliphatic carbocycles. The molecule has 2 aromatic carbocycles. The Hall–Kier alpha value is -3.61. The molecule has 0 saturated carbocycles. The fourth-order valence-electron chi connectivity index (χ4n) is 4.37. The quantitative estimate of drug-likeness (QED) is 0.691. The van der Waals surface area contributed by atoms with E-state index < -0.39 is 5.97 Å². The SMILES string of the molecule is Cc1[nH]c(C2CN(C(=O)OCC3c4ccccc4-c4ccccc43)C2)nc1C(=O)O. The van der Waals surface area contributed by atoms with Crippen molar-refractivity contribution in [1.29, 1.82) is 0 Å². The molecule has 1 aliphatic heterocycles. The van der Waals surface area contributed by atoms with Gasteiger partial charge in [0.25, 0.3) is 0 Å². The van der Waals surface area contributed by atoms with Gasteiger partial charge in [0, 0.05) is 24.7 Å². The summed E-state index contributed by atoms with van der Waals surface area (Å²) in [4.78, 5) is 32.5. The molecule has 0 spiro atoms. The molecule has 152 valence electrons. The molecule has 7 heteroatoms. The number of likely N-dealkylation sites (tertiary alicyclic amines) is 1. The van der Waals surface area contributed by atoms with E-state index in [2.05, 4.69) is 34.2 Å². The highest BCUT2D eigenvalue weighted by Gasteiger charge is 2.36. The van der Waals surface area contributed by atoms with Crippen molar-refractivity contribution in [3.8, 4) is 11.1 Å². The number of imidazole rings is 1. The number of hydrogen-bond donors (Lipinski definition) is 2. The molecule has 1 fully saturated rings. The van der Waals surface area contributed by atoms with Crippen LogP contribution in [0.2, 0.25) is 0 Å². The predicted octanol–water partition coefficient (Wildman–Crippen LogP) is 3.76.